The molecule has 1 fully saturated rings. The van der Waals surface area contributed by atoms with Gasteiger partial charge in [-0.05, 0) is 65.5 Å². The van der Waals surface area contributed by atoms with E-state index in [0.717, 1.165) is 25.9 Å². The molecule has 140 valence electrons. The SMILES string of the molecule is CCC1=C2CCN(Cc3ccccc3)CCC2=C(CC)c2ccccc2C1. The fourth-order valence-corrected chi connectivity index (χ4v) is 4.89. The second-order valence-corrected chi connectivity index (χ2v) is 7.84. The summed E-state index contributed by atoms with van der Waals surface area (Å²) >= 11 is 0. The first kappa shape index (κ1) is 18.3. The topological polar surface area (TPSA) is 3.24 Å². The van der Waals surface area contributed by atoms with Gasteiger partial charge >= 0.3 is 0 Å². The predicted molar refractivity (Wildman–Crippen MR) is 116 cm³/mol. The van der Waals surface area contributed by atoms with Crippen molar-refractivity contribution in [1.82, 2.24) is 4.90 Å². The minimum Gasteiger partial charge on any atom is -0.298 e. The Balaban J connectivity index is 1.69. The highest BCUT2D eigenvalue weighted by atomic mass is 15.1. The Labute approximate surface area is 164 Å². The molecule has 1 saturated heterocycles. The molecular weight excluding hydrogens is 326 g/mol. The largest absolute Gasteiger partial charge is 0.298 e. The van der Waals surface area contributed by atoms with Crippen LogP contribution in [0.4, 0.5) is 0 Å². The zero-order valence-electron chi connectivity index (χ0n) is 16.8. The molecule has 0 saturated carbocycles. The molecule has 2 aromatic carbocycles. The van der Waals surface area contributed by atoms with Gasteiger partial charge in [-0.2, -0.15) is 0 Å². The standard InChI is InChI=1S/C26H31N/c1-3-21-18-22-12-8-9-13-24(22)23(4-2)26-15-17-27(16-14-25(21)26)19-20-10-6-5-7-11-20/h5-13H,3-4,14-19H2,1-2H3. The maximum atomic E-state index is 2.65. The lowest BCUT2D eigenvalue weighted by molar-refractivity contribution is 0.281. The normalized spacial score (nSPS) is 18.0. The molecular formula is C26H31N. The molecule has 0 atom stereocenters. The number of fused-ring (bicyclic) bond motifs is 2. The van der Waals surface area contributed by atoms with E-state index in [2.05, 4.69) is 73.3 Å². The third kappa shape index (κ3) is 3.80. The molecule has 2 aliphatic rings. The molecule has 2 aromatic rings. The first-order valence-electron chi connectivity index (χ1n) is 10.6. The molecule has 0 spiro atoms. The lowest BCUT2D eigenvalue weighted by Crippen LogP contribution is -2.24. The maximum absolute atomic E-state index is 2.65. The van der Waals surface area contributed by atoms with Crippen LogP contribution < -0.4 is 0 Å². The highest BCUT2D eigenvalue weighted by molar-refractivity contribution is 5.76. The van der Waals surface area contributed by atoms with Crippen molar-refractivity contribution in [1.29, 1.82) is 0 Å². The van der Waals surface area contributed by atoms with Gasteiger partial charge in [0.25, 0.3) is 0 Å². The van der Waals surface area contributed by atoms with Gasteiger partial charge in [0.05, 0.1) is 0 Å². The second-order valence-electron chi connectivity index (χ2n) is 7.84. The Bertz CT molecular complexity index is 857. The van der Waals surface area contributed by atoms with Gasteiger partial charge in [0, 0.05) is 19.6 Å². The fourth-order valence-electron chi connectivity index (χ4n) is 4.89. The van der Waals surface area contributed by atoms with Crippen LogP contribution in [-0.2, 0) is 13.0 Å². The highest BCUT2D eigenvalue weighted by Gasteiger charge is 2.25. The van der Waals surface area contributed by atoms with Gasteiger partial charge in [-0.15, -0.1) is 0 Å². The summed E-state index contributed by atoms with van der Waals surface area (Å²) in [6, 6.07) is 20.0. The number of likely N-dealkylation sites (tertiary alicyclic amines) is 1. The van der Waals surface area contributed by atoms with Gasteiger partial charge in [-0.3, -0.25) is 4.90 Å². The van der Waals surface area contributed by atoms with Gasteiger partial charge < -0.3 is 0 Å². The molecule has 1 heterocycles. The summed E-state index contributed by atoms with van der Waals surface area (Å²) < 4.78 is 0. The molecule has 1 heteroatoms. The van der Waals surface area contributed by atoms with Gasteiger partial charge in [-0.25, -0.2) is 0 Å². The summed E-state index contributed by atoms with van der Waals surface area (Å²) in [5.41, 5.74) is 11.1. The van der Waals surface area contributed by atoms with Gasteiger partial charge in [0.2, 0.25) is 0 Å². The van der Waals surface area contributed by atoms with Crippen LogP contribution in [0.3, 0.4) is 0 Å². The first-order valence-corrected chi connectivity index (χ1v) is 10.6. The van der Waals surface area contributed by atoms with E-state index in [4.69, 9.17) is 0 Å². The summed E-state index contributed by atoms with van der Waals surface area (Å²) in [6.07, 6.45) is 5.81. The highest BCUT2D eigenvalue weighted by Crippen LogP contribution is 2.40. The second kappa shape index (κ2) is 8.27. The number of allylic oxidation sites excluding steroid dienone is 2. The Kier molecular flexibility index (Phi) is 5.59. The molecule has 0 aromatic heterocycles. The van der Waals surface area contributed by atoms with E-state index in [0.29, 0.717) is 0 Å². The number of benzene rings is 2. The van der Waals surface area contributed by atoms with E-state index in [-0.39, 0.29) is 0 Å². The molecule has 0 radical (unpaired) electrons. The minimum absolute atomic E-state index is 1.07. The van der Waals surface area contributed by atoms with E-state index in [1.165, 1.54) is 42.5 Å². The van der Waals surface area contributed by atoms with Crippen molar-refractivity contribution in [3.8, 4) is 0 Å². The predicted octanol–water partition coefficient (Wildman–Crippen LogP) is 6.41. The Morgan fingerprint density at radius 1 is 0.778 bits per heavy atom. The lowest BCUT2D eigenvalue weighted by atomic mass is 9.89. The Morgan fingerprint density at radius 3 is 2.22 bits per heavy atom. The summed E-state index contributed by atoms with van der Waals surface area (Å²) in [5, 5.41) is 0. The van der Waals surface area contributed by atoms with E-state index in [1.54, 1.807) is 22.3 Å². The molecule has 27 heavy (non-hydrogen) atoms. The van der Waals surface area contributed by atoms with E-state index in [9.17, 15) is 0 Å². The van der Waals surface area contributed by atoms with Gasteiger partial charge in [0.1, 0.15) is 0 Å². The molecule has 1 aliphatic heterocycles. The van der Waals surface area contributed by atoms with Crippen LogP contribution in [0.15, 0.2) is 71.3 Å². The van der Waals surface area contributed by atoms with Crippen molar-refractivity contribution in [2.24, 2.45) is 0 Å². The third-order valence-electron chi connectivity index (χ3n) is 6.29. The minimum atomic E-state index is 1.07. The van der Waals surface area contributed by atoms with Gasteiger partial charge in [-0.1, -0.05) is 74.0 Å². The summed E-state index contributed by atoms with van der Waals surface area (Å²) in [5.74, 6) is 0. The molecule has 0 unspecified atom stereocenters. The Hall–Kier alpha value is -2.12. The number of hydrogen-bond acceptors (Lipinski definition) is 1. The van der Waals surface area contributed by atoms with E-state index >= 15 is 0 Å². The van der Waals surface area contributed by atoms with Crippen molar-refractivity contribution in [2.75, 3.05) is 13.1 Å². The van der Waals surface area contributed by atoms with Crippen LogP contribution in [0.5, 0.6) is 0 Å². The zero-order valence-corrected chi connectivity index (χ0v) is 16.8. The zero-order chi connectivity index (χ0) is 18.6. The average Bonchev–Trinajstić information content (AvgIpc) is 2.98. The van der Waals surface area contributed by atoms with Crippen LogP contribution in [0.25, 0.3) is 5.57 Å². The summed E-state index contributed by atoms with van der Waals surface area (Å²) in [7, 11) is 0. The Morgan fingerprint density at radius 2 is 1.48 bits per heavy atom. The molecule has 0 bridgehead atoms. The lowest BCUT2D eigenvalue weighted by Gasteiger charge is -2.20. The molecule has 1 aliphatic carbocycles. The third-order valence-corrected chi connectivity index (χ3v) is 6.29. The van der Waals surface area contributed by atoms with Crippen LogP contribution >= 0.6 is 0 Å². The van der Waals surface area contributed by atoms with Crippen molar-refractivity contribution in [3.63, 3.8) is 0 Å². The summed E-state index contributed by atoms with van der Waals surface area (Å²) in [4.78, 5) is 2.65. The van der Waals surface area contributed by atoms with Crippen molar-refractivity contribution in [2.45, 2.75) is 52.5 Å². The number of rotatable bonds is 4. The van der Waals surface area contributed by atoms with Crippen LogP contribution in [0.2, 0.25) is 0 Å². The maximum Gasteiger partial charge on any atom is 0.0233 e. The molecule has 4 rings (SSSR count). The molecule has 1 nitrogen and oxygen atoms in total. The van der Waals surface area contributed by atoms with Crippen LogP contribution in [0.1, 0.15) is 56.2 Å². The van der Waals surface area contributed by atoms with Gasteiger partial charge in [0.15, 0.2) is 0 Å². The number of nitrogens with zero attached hydrogens (tertiary/aromatic N) is 1. The molecule has 0 amide bonds. The average molecular weight is 358 g/mol. The van der Waals surface area contributed by atoms with Crippen molar-refractivity contribution in [3.05, 3.63) is 88.0 Å². The van der Waals surface area contributed by atoms with E-state index < -0.39 is 0 Å². The first-order chi connectivity index (χ1) is 13.3. The van der Waals surface area contributed by atoms with Crippen molar-refractivity contribution < 1.29 is 0 Å². The van der Waals surface area contributed by atoms with Crippen LogP contribution in [0, 0.1) is 0 Å². The quantitative estimate of drug-likeness (QED) is 0.611. The smallest absolute Gasteiger partial charge is 0.0233 e. The fraction of sp³-hybridized carbons (Fsp3) is 0.385. The number of hydrogen-bond donors (Lipinski definition) is 0. The van der Waals surface area contributed by atoms with Crippen molar-refractivity contribution >= 4 is 5.57 Å². The summed E-state index contributed by atoms with van der Waals surface area (Å²) in [6.45, 7) is 8.08. The molecule has 0 N–H and O–H groups in total. The monoisotopic (exact) mass is 357 g/mol. The van der Waals surface area contributed by atoms with E-state index in [1.807, 2.05) is 0 Å². The van der Waals surface area contributed by atoms with Crippen LogP contribution in [-0.4, -0.2) is 18.0 Å².